The van der Waals surface area contributed by atoms with E-state index in [0.29, 0.717) is 0 Å². The zero-order valence-electron chi connectivity index (χ0n) is 10.3. The highest BCUT2D eigenvalue weighted by Gasteiger charge is 2.11. The van der Waals surface area contributed by atoms with Gasteiger partial charge in [0.2, 0.25) is 5.91 Å². The fraction of sp³-hybridized carbons (Fsp3) is 0.545. The second kappa shape index (κ2) is 6.15. The maximum absolute atomic E-state index is 11.5. The first kappa shape index (κ1) is 14.2. The second-order valence-corrected chi connectivity index (χ2v) is 4.35. The number of hydrogen-bond donors (Lipinski definition) is 3. The summed E-state index contributed by atoms with van der Waals surface area (Å²) in [4.78, 5) is 33.8. The van der Waals surface area contributed by atoms with Gasteiger partial charge in [-0.3, -0.25) is 19.5 Å². The van der Waals surface area contributed by atoms with Crippen molar-refractivity contribution in [2.75, 3.05) is 6.54 Å². The Labute approximate surface area is 103 Å². The monoisotopic (exact) mass is 255 g/mol. The molecule has 7 nitrogen and oxygen atoms in total. The average molecular weight is 255 g/mol. The molecule has 0 radical (unpaired) electrons. The van der Waals surface area contributed by atoms with Crippen LogP contribution in [0.4, 0.5) is 0 Å². The van der Waals surface area contributed by atoms with Crippen LogP contribution in [0.15, 0.2) is 21.7 Å². The van der Waals surface area contributed by atoms with Crippen LogP contribution in [0, 0.1) is 5.92 Å². The first-order valence-corrected chi connectivity index (χ1v) is 5.65. The van der Waals surface area contributed by atoms with E-state index < -0.39 is 23.1 Å². The van der Waals surface area contributed by atoms with Gasteiger partial charge in [0.1, 0.15) is 6.54 Å². The zero-order chi connectivity index (χ0) is 13.7. The van der Waals surface area contributed by atoms with Crippen LogP contribution in [0.25, 0.3) is 0 Å². The molecule has 18 heavy (non-hydrogen) atoms. The molecule has 1 unspecified atom stereocenters. The van der Waals surface area contributed by atoms with E-state index in [2.05, 4.69) is 10.4 Å². The molecule has 0 aliphatic rings. The molecule has 1 rings (SSSR count). The van der Waals surface area contributed by atoms with E-state index in [-0.39, 0.29) is 19.0 Å². The van der Waals surface area contributed by atoms with Crippen molar-refractivity contribution in [2.24, 2.45) is 5.92 Å². The number of carbonyl (C=O) groups is 1. The number of aromatic nitrogens is 2. The summed E-state index contributed by atoms with van der Waals surface area (Å²) in [7, 11) is 0. The molecule has 0 aliphatic carbocycles. The van der Waals surface area contributed by atoms with Crippen molar-refractivity contribution in [3.8, 4) is 0 Å². The number of aliphatic hydroxyl groups excluding tert-OH is 1. The lowest BCUT2D eigenvalue weighted by Crippen LogP contribution is -2.39. The summed E-state index contributed by atoms with van der Waals surface area (Å²) in [6.45, 7) is 3.49. The standard InChI is InChI=1S/C11H17N3O4/c1-7(2)8(15)5-12-10(17)6-14-11(18)4-3-9(16)13-14/h3-4,7-8,15H,5-6H2,1-2H3,(H,12,17)(H,13,16). The third-order valence-corrected chi connectivity index (χ3v) is 2.47. The van der Waals surface area contributed by atoms with Gasteiger partial charge in [-0.2, -0.15) is 0 Å². The Kier molecular flexibility index (Phi) is 4.85. The minimum atomic E-state index is -0.638. The van der Waals surface area contributed by atoms with Crippen LogP contribution in [0.2, 0.25) is 0 Å². The van der Waals surface area contributed by atoms with Gasteiger partial charge in [0.05, 0.1) is 6.10 Å². The lowest BCUT2D eigenvalue weighted by Gasteiger charge is -2.15. The van der Waals surface area contributed by atoms with Crippen molar-refractivity contribution in [1.82, 2.24) is 15.1 Å². The van der Waals surface area contributed by atoms with Gasteiger partial charge in [-0.05, 0) is 5.92 Å². The van der Waals surface area contributed by atoms with Crippen LogP contribution >= 0.6 is 0 Å². The first-order chi connectivity index (χ1) is 8.40. The Morgan fingerprint density at radius 3 is 2.72 bits per heavy atom. The molecule has 0 fully saturated rings. The van der Waals surface area contributed by atoms with Crippen molar-refractivity contribution < 1.29 is 9.90 Å². The van der Waals surface area contributed by atoms with Crippen LogP contribution in [0.3, 0.4) is 0 Å². The van der Waals surface area contributed by atoms with Crippen molar-refractivity contribution in [1.29, 1.82) is 0 Å². The van der Waals surface area contributed by atoms with Crippen molar-refractivity contribution in [3.05, 3.63) is 32.8 Å². The zero-order valence-corrected chi connectivity index (χ0v) is 10.3. The molecule has 1 atom stereocenters. The molecule has 0 aromatic carbocycles. The van der Waals surface area contributed by atoms with Crippen molar-refractivity contribution in [3.63, 3.8) is 0 Å². The van der Waals surface area contributed by atoms with Gasteiger partial charge in [0, 0.05) is 18.7 Å². The molecule has 0 saturated heterocycles. The first-order valence-electron chi connectivity index (χ1n) is 5.65. The number of aliphatic hydroxyl groups is 1. The molecule has 1 heterocycles. The number of carbonyl (C=O) groups excluding carboxylic acids is 1. The van der Waals surface area contributed by atoms with E-state index >= 15 is 0 Å². The number of hydrogen-bond acceptors (Lipinski definition) is 4. The largest absolute Gasteiger partial charge is 0.391 e. The lowest BCUT2D eigenvalue weighted by molar-refractivity contribution is -0.122. The fourth-order valence-corrected chi connectivity index (χ4v) is 1.23. The van der Waals surface area contributed by atoms with Crippen molar-refractivity contribution >= 4 is 5.91 Å². The smallest absolute Gasteiger partial charge is 0.265 e. The van der Waals surface area contributed by atoms with Gasteiger partial charge in [0.15, 0.2) is 0 Å². The van der Waals surface area contributed by atoms with E-state index in [1.165, 1.54) is 0 Å². The van der Waals surface area contributed by atoms with Crippen LogP contribution in [-0.4, -0.2) is 33.4 Å². The van der Waals surface area contributed by atoms with Gasteiger partial charge in [0.25, 0.3) is 11.1 Å². The Morgan fingerprint density at radius 2 is 2.11 bits per heavy atom. The maximum atomic E-state index is 11.5. The molecular weight excluding hydrogens is 238 g/mol. The summed E-state index contributed by atoms with van der Waals surface area (Å²) in [6, 6.07) is 2.19. The van der Waals surface area contributed by atoms with Gasteiger partial charge in [-0.25, -0.2) is 4.68 Å². The quantitative estimate of drug-likeness (QED) is 0.606. The molecule has 1 aromatic rings. The highest BCUT2D eigenvalue weighted by atomic mass is 16.3. The van der Waals surface area contributed by atoms with Crippen LogP contribution in [0.1, 0.15) is 13.8 Å². The number of nitrogens with one attached hydrogen (secondary N) is 2. The van der Waals surface area contributed by atoms with Crippen LogP contribution in [0.5, 0.6) is 0 Å². The van der Waals surface area contributed by atoms with Gasteiger partial charge < -0.3 is 10.4 Å². The van der Waals surface area contributed by atoms with E-state index in [1.54, 1.807) is 0 Å². The summed E-state index contributed by atoms with van der Waals surface area (Å²) >= 11 is 0. The minimum Gasteiger partial charge on any atom is -0.391 e. The van der Waals surface area contributed by atoms with Gasteiger partial charge in [-0.15, -0.1) is 0 Å². The minimum absolute atomic E-state index is 0.0320. The second-order valence-electron chi connectivity index (χ2n) is 4.35. The summed E-state index contributed by atoms with van der Waals surface area (Å²) in [5.74, 6) is -0.414. The Morgan fingerprint density at radius 1 is 1.44 bits per heavy atom. The number of aromatic amines is 1. The normalized spacial score (nSPS) is 12.4. The molecule has 0 spiro atoms. The van der Waals surface area contributed by atoms with Crippen LogP contribution < -0.4 is 16.4 Å². The van der Waals surface area contributed by atoms with E-state index in [1.807, 2.05) is 13.8 Å². The van der Waals surface area contributed by atoms with Crippen LogP contribution in [-0.2, 0) is 11.3 Å². The average Bonchev–Trinajstić information content (AvgIpc) is 2.30. The highest BCUT2D eigenvalue weighted by Crippen LogP contribution is 1.98. The molecule has 0 bridgehead atoms. The Bertz CT molecular complexity index is 518. The molecule has 7 heteroatoms. The predicted octanol–water partition coefficient (Wildman–Crippen LogP) is -1.33. The SMILES string of the molecule is CC(C)C(O)CNC(=O)Cn1[nH]c(=O)ccc1=O. The van der Waals surface area contributed by atoms with Crippen molar-refractivity contribution in [2.45, 2.75) is 26.5 Å². The summed E-state index contributed by atoms with van der Waals surface area (Å²) in [5.41, 5.74) is -0.918. The number of rotatable bonds is 5. The summed E-state index contributed by atoms with van der Waals surface area (Å²) in [5, 5.41) is 14.2. The third-order valence-electron chi connectivity index (χ3n) is 2.47. The van der Waals surface area contributed by atoms with Gasteiger partial charge in [-0.1, -0.05) is 13.8 Å². The number of H-pyrrole nitrogens is 1. The molecule has 1 amide bonds. The lowest BCUT2D eigenvalue weighted by atomic mass is 10.1. The number of nitrogens with zero attached hydrogens (tertiary/aromatic N) is 1. The molecule has 3 N–H and O–H groups in total. The number of amides is 1. The summed E-state index contributed by atoms with van der Waals surface area (Å²) < 4.78 is 0.916. The van der Waals surface area contributed by atoms with E-state index in [4.69, 9.17) is 0 Å². The molecule has 0 aliphatic heterocycles. The molecule has 100 valence electrons. The Hall–Kier alpha value is -1.89. The van der Waals surface area contributed by atoms with E-state index in [9.17, 15) is 19.5 Å². The van der Waals surface area contributed by atoms with E-state index in [0.717, 1.165) is 16.8 Å². The molecule has 0 saturated carbocycles. The Balaban J connectivity index is 2.57. The predicted molar refractivity (Wildman–Crippen MR) is 65.2 cm³/mol. The maximum Gasteiger partial charge on any atom is 0.265 e. The fourth-order valence-electron chi connectivity index (χ4n) is 1.23. The summed E-state index contributed by atoms with van der Waals surface area (Å²) in [6.07, 6.45) is -0.638. The molecular formula is C11H17N3O4. The highest BCUT2D eigenvalue weighted by molar-refractivity contribution is 5.75. The third kappa shape index (κ3) is 4.17. The van der Waals surface area contributed by atoms with Gasteiger partial charge >= 0.3 is 0 Å². The molecule has 1 aromatic heterocycles. The topological polar surface area (TPSA) is 104 Å².